The molecule has 0 aliphatic heterocycles. The van der Waals surface area contributed by atoms with Gasteiger partial charge in [0.25, 0.3) is 5.91 Å². The number of sulfonamides is 1. The van der Waals surface area contributed by atoms with Crippen LogP contribution in [0.4, 0.5) is 10.5 Å². The van der Waals surface area contributed by atoms with E-state index in [1.54, 1.807) is 45.0 Å². The van der Waals surface area contributed by atoms with E-state index in [0.717, 1.165) is 5.56 Å². The smallest absolute Gasteiger partial charge is 0.407 e. The first-order valence-corrected chi connectivity index (χ1v) is 9.99. The van der Waals surface area contributed by atoms with Crippen LogP contribution in [0.2, 0.25) is 0 Å². The van der Waals surface area contributed by atoms with Gasteiger partial charge < -0.3 is 15.4 Å². The molecule has 9 heteroatoms. The van der Waals surface area contributed by atoms with Gasteiger partial charge in [0, 0.05) is 17.8 Å². The number of nitrogens with one attached hydrogen (secondary N) is 2. The topological polar surface area (TPSA) is 128 Å². The van der Waals surface area contributed by atoms with Crippen molar-refractivity contribution in [2.45, 2.75) is 37.8 Å². The number of anilines is 1. The Balaban J connectivity index is 1.93. The fourth-order valence-electron chi connectivity index (χ4n) is 2.19. The fraction of sp³-hybridized carbons (Fsp3) is 0.263. The average molecular weight is 405 g/mol. The second-order valence-corrected chi connectivity index (χ2v) is 8.64. The molecule has 0 fully saturated rings. The van der Waals surface area contributed by atoms with E-state index in [2.05, 4.69) is 10.6 Å². The number of ether oxygens (including phenoxy) is 1. The zero-order chi connectivity index (χ0) is 20.9. The molecular formula is C19H23N3O5S. The van der Waals surface area contributed by atoms with Gasteiger partial charge in [-0.15, -0.1) is 0 Å². The number of benzene rings is 2. The number of hydrogen-bond acceptors (Lipinski definition) is 5. The van der Waals surface area contributed by atoms with Gasteiger partial charge in [-0.1, -0.05) is 12.1 Å². The highest BCUT2D eigenvalue weighted by Crippen LogP contribution is 2.14. The Morgan fingerprint density at radius 2 is 1.57 bits per heavy atom. The number of hydrogen-bond donors (Lipinski definition) is 3. The fourth-order valence-corrected chi connectivity index (χ4v) is 2.71. The normalized spacial score (nSPS) is 11.6. The van der Waals surface area contributed by atoms with Crippen molar-refractivity contribution in [3.8, 4) is 0 Å². The van der Waals surface area contributed by atoms with Crippen molar-refractivity contribution >= 4 is 27.7 Å². The van der Waals surface area contributed by atoms with Gasteiger partial charge in [0.05, 0.1) is 4.90 Å². The first-order valence-electron chi connectivity index (χ1n) is 8.44. The van der Waals surface area contributed by atoms with Gasteiger partial charge in [-0.25, -0.2) is 18.4 Å². The van der Waals surface area contributed by atoms with Crippen LogP contribution >= 0.6 is 0 Å². The third-order valence-corrected chi connectivity index (χ3v) is 4.42. The predicted octanol–water partition coefficient (Wildman–Crippen LogP) is 2.61. The molecule has 0 spiro atoms. The number of carbonyl (C=O) groups is 2. The van der Waals surface area contributed by atoms with Gasteiger partial charge in [0.2, 0.25) is 10.0 Å². The van der Waals surface area contributed by atoms with Gasteiger partial charge in [-0.05, 0) is 62.7 Å². The monoisotopic (exact) mass is 405 g/mol. The highest BCUT2D eigenvalue weighted by atomic mass is 32.2. The molecule has 0 saturated heterocycles. The molecule has 0 aliphatic carbocycles. The van der Waals surface area contributed by atoms with E-state index >= 15 is 0 Å². The van der Waals surface area contributed by atoms with E-state index in [0.29, 0.717) is 11.3 Å². The van der Waals surface area contributed by atoms with Crippen LogP contribution in [0.5, 0.6) is 0 Å². The minimum absolute atomic E-state index is 0.0349. The van der Waals surface area contributed by atoms with Crippen LogP contribution in [-0.4, -0.2) is 26.0 Å². The molecule has 0 unspecified atom stereocenters. The summed E-state index contributed by atoms with van der Waals surface area (Å²) in [7, 11) is -3.78. The number of nitrogens with two attached hydrogens (primary N) is 1. The first-order chi connectivity index (χ1) is 12.9. The molecule has 2 aromatic rings. The van der Waals surface area contributed by atoms with Crippen LogP contribution in [0, 0.1) is 0 Å². The van der Waals surface area contributed by atoms with E-state index in [4.69, 9.17) is 9.88 Å². The first kappa shape index (κ1) is 21.4. The minimum atomic E-state index is -3.78. The summed E-state index contributed by atoms with van der Waals surface area (Å²) in [6, 6.07) is 12.2. The maximum atomic E-state index is 12.3. The molecule has 0 radical (unpaired) electrons. The second kappa shape index (κ2) is 8.41. The van der Waals surface area contributed by atoms with Gasteiger partial charge in [0.15, 0.2) is 0 Å². The molecule has 2 rings (SSSR count). The van der Waals surface area contributed by atoms with E-state index < -0.39 is 21.7 Å². The van der Waals surface area contributed by atoms with Crippen LogP contribution in [0.15, 0.2) is 53.4 Å². The SMILES string of the molecule is CC(C)(C)OC(=O)NCc1ccc(C(=O)Nc2ccc(S(N)(=O)=O)cc2)cc1. The molecule has 2 aromatic carbocycles. The third-order valence-electron chi connectivity index (χ3n) is 3.49. The minimum Gasteiger partial charge on any atom is -0.444 e. The molecule has 0 saturated carbocycles. The molecule has 8 nitrogen and oxygen atoms in total. The predicted molar refractivity (Wildman–Crippen MR) is 105 cm³/mol. The summed E-state index contributed by atoms with van der Waals surface area (Å²) in [6.07, 6.45) is -0.516. The Hall–Kier alpha value is -2.91. The maximum Gasteiger partial charge on any atom is 0.407 e. The summed E-state index contributed by atoms with van der Waals surface area (Å²) < 4.78 is 27.6. The van der Waals surface area contributed by atoms with E-state index in [1.807, 2.05) is 0 Å². The van der Waals surface area contributed by atoms with Crippen molar-refractivity contribution in [3.63, 3.8) is 0 Å². The molecular weight excluding hydrogens is 382 g/mol. The van der Waals surface area contributed by atoms with Crippen molar-refractivity contribution in [2.75, 3.05) is 5.32 Å². The van der Waals surface area contributed by atoms with Gasteiger partial charge >= 0.3 is 6.09 Å². The Morgan fingerprint density at radius 1 is 1.00 bits per heavy atom. The third kappa shape index (κ3) is 6.67. The summed E-state index contributed by atoms with van der Waals surface area (Å²) in [6.45, 7) is 5.61. The Kier molecular flexibility index (Phi) is 6.42. The van der Waals surface area contributed by atoms with E-state index in [-0.39, 0.29) is 17.3 Å². The summed E-state index contributed by atoms with van der Waals surface area (Å²) in [5.74, 6) is -0.352. The Morgan fingerprint density at radius 3 is 2.07 bits per heavy atom. The molecule has 4 N–H and O–H groups in total. The Labute approximate surface area is 164 Å². The molecule has 0 bridgehead atoms. The van der Waals surface area contributed by atoms with Crippen LogP contribution < -0.4 is 15.8 Å². The highest BCUT2D eigenvalue weighted by molar-refractivity contribution is 7.89. The van der Waals surface area contributed by atoms with E-state index in [9.17, 15) is 18.0 Å². The maximum absolute atomic E-state index is 12.3. The molecule has 0 heterocycles. The highest BCUT2D eigenvalue weighted by Gasteiger charge is 2.15. The van der Waals surface area contributed by atoms with Gasteiger partial charge in [-0.2, -0.15) is 0 Å². The van der Waals surface area contributed by atoms with Crippen LogP contribution in [-0.2, 0) is 21.3 Å². The molecule has 0 aromatic heterocycles. The molecule has 150 valence electrons. The quantitative estimate of drug-likeness (QED) is 0.704. The van der Waals surface area contributed by atoms with Crippen LogP contribution in [0.25, 0.3) is 0 Å². The average Bonchev–Trinajstić information content (AvgIpc) is 2.58. The lowest BCUT2D eigenvalue weighted by atomic mass is 10.1. The molecule has 0 aliphatic rings. The van der Waals surface area contributed by atoms with Crippen molar-refractivity contribution in [2.24, 2.45) is 5.14 Å². The molecule has 2 amide bonds. The number of carbonyl (C=O) groups excluding carboxylic acids is 2. The van der Waals surface area contributed by atoms with Gasteiger partial charge in [0.1, 0.15) is 5.60 Å². The second-order valence-electron chi connectivity index (χ2n) is 7.08. The van der Waals surface area contributed by atoms with Crippen molar-refractivity contribution < 1.29 is 22.7 Å². The summed E-state index contributed by atoms with van der Waals surface area (Å²) in [4.78, 5) is 23.9. The molecule has 28 heavy (non-hydrogen) atoms. The van der Waals surface area contributed by atoms with Crippen molar-refractivity contribution in [1.29, 1.82) is 0 Å². The van der Waals surface area contributed by atoms with Crippen LogP contribution in [0.3, 0.4) is 0 Å². The van der Waals surface area contributed by atoms with E-state index in [1.165, 1.54) is 24.3 Å². The largest absolute Gasteiger partial charge is 0.444 e. The summed E-state index contributed by atoms with van der Waals surface area (Å²) >= 11 is 0. The van der Waals surface area contributed by atoms with Gasteiger partial charge in [-0.3, -0.25) is 4.79 Å². The molecule has 0 atom stereocenters. The number of rotatable bonds is 5. The summed E-state index contributed by atoms with van der Waals surface area (Å²) in [5, 5.41) is 10.3. The van der Waals surface area contributed by atoms with Crippen LogP contribution in [0.1, 0.15) is 36.7 Å². The number of amides is 2. The van der Waals surface area contributed by atoms with Crippen molar-refractivity contribution in [1.82, 2.24) is 5.32 Å². The zero-order valence-electron chi connectivity index (χ0n) is 15.9. The zero-order valence-corrected chi connectivity index (χ0v) is 16.7. The Bertz CT molecular complexity index is 947. The lowest BCUT2D eigenvalue weighted by Gasteiger charge is -2.19. The number of primary sulfonamides is 1. The lowest BCUT2D eigenvalue weighted by molar-refractivity contribution is 0.0523. The number of alkyl carbamates (subject to hydrolysis) is 1. The summed E-state index contributed by atoms with van der Waals surface area (Å²) in [5.41, 5.74) is 1.09. The van der Waals surface area contributed by atoms with Crippen molar-refractivity contribution in [3.05, 3.63) is 59.7 Å². The standard InChI is InChI=1S/C19H23N3O5S/c1-19(2,3)27-18(24)21-12-13-4-6-14(7-5-13)17(23)22-15-8-10-16(11-9-15)28(20,25)26/h4-11H,12H2,1-3H3,(H,21,24)(H,22,23)(H2,20,25,26). The lowest BCUT2D eigenvalue weighted by Crippen LogP contribution is -2.32.